The summed E-state index contributed by atoms with van der Waals surface area (Å²) in [6.07, 6.45) is -2.29. The maximum Gasteiger partial charge on any atom is 0.416 e. The lowest BCUT2D eigenvalue weighted by molar-refractivity contribution is -0.143. The number of aromatic nitrogens is 1. The van der Waals surface area contributed by atoms with E-state index in [9.17, 15) is 54.7 Å². The molecule has 3 saturated heterocycles. The lowest BCUT2D eigenvalue weighted by Crippen LogP contribution is -2.50. The van der Waals surface area contributed by atoms with Crippen molar-refractivity contribution < 1.29 is 68.9 Å². The van der Waals surface area contributed by atoms with Crippen LogP contribution in [0.4, 0.5) is 41.2 Å². The number of para-hydroxylation sites is 1. The van der Waals surface area contributed by atoms with Crippen LogP contribution in [0.2, 0.25) is 0 Å². The maximum atomic E-state index is 14.2. The van der Waals surface area contributed by atoms with Crippen LogP contribution < -0.4 is 10.6 Å². The van der Waals surface area contributed by atoms with Gasteiger partial charge in [0.25, 0.3) is 11.8 Å². The van der Waals surface area contributed by atoms with Crippen LogP contribution >= 0.6 is 0 Å². The summed E-state index contributed by atoms with van der Waals surface area (Å²) >= 11 is 0. The number of fused-ring (bicyclic) bond motifs is 2. The number of pyridine rings is 1. The second-order valence-corrected chi connectivity index (χ2v) is 26.2. The Labute approximate surface area is 567 Å². The highest BCUT2D eigenvalue weighted by molar-refractivity contribution is 5.95. The number of nitrogens with zero attached hydrogens (tertiary/aromatic N) is 7. The standard InChI is InChI=1S/C74H86F7N9O8/c1-85(34-14-35-87(3)69(94)64-27-22-52(48-83-64)47-82-33-13-5-8-21-66(91)86(2)41-42-88-36-28-60(29-37-88)98-70(95)84-63-20-12-10-18-61(63)53-15-6-4-7-16-53)67(92)49-96-65-45-54-17-9-11-19-62(54)71(65)30-38-89(39-31-71)40-32-72(56-23-25-59(75)26-24-56)50-90(51-97-72)68(93)55-43-57(73(76,77)78)46-58(44-55)74(79,80)81/h4,6-7,9-12,15-20,22-27,43-44,46,48,60,65,82H,5,8,13-14,21,28-42,45,47,49-51H2,1-3H3,(H,84,95)/t65-,72+/m0/s1. The number of carbonyl (C=O) groups excluding carboxylic acids is 5. The summed E-state index contributed by atoms with van der Waals surface area (Å²) in [7, 11) is 5.26. The average Bonchev–Trinajstić information content (AvgIpc) is 1.59. The highest BCUT2D eigenvalue weighted by Gasteiger charge is 2.50. The number of likely N-dealkylation sites (tertiary alicyclic amines) is 2. The number of unbranched alkanes of at least 4 members (excludes halogenated alkanes) is 2. The number of piperidine rings is 2. The molecule has 0 unspecified atom stereocenters. The monoisotopic (exact) mass is 1360 g/mol. The molecule has 4 heterocycles. The van der Waals surface area contributed by atoms with Gasteiger partial charge in [-0.3, -0.25) is 29.5 Å². The van der Waals surface area contributed by atoms with Crippen molar-refractivity contribution in [1.82, 2.24) is 39.7 Å². The molecule has 2 atom stereocenters. The van der Waals surface area contributed by atoms with E-state index in [1.807, 2.05) is 79.8 Å². The number of rotatable bonds is 27. The summed E-state index contributed by atoms with van der Waals surface area (Å²) in [5.41, 5.74) is 0.988. The van der Waals surface area contributed by atoms with Gasteiger partial charge in [0.15, 0.2) is 0 Å². The molecule has 524 valence electrons. The van der Waals surface area contributed by atoms with Crippen molar-refractivity contribution in [1.29, 1.82) is 0 Å². The molecule has 5 amide bonds. The molecule has 1 aromatic heterocycles. The number of benzene rings is 5. The molecule has 17 nitrogen and oxygen atoms in total. The van der Waals surface area contributed by atoms with Gasteiger partial charge in [0, 0.05) is 103 Å². The Balaban J connectivity index is 0.596. The van der Waals surface area contributed by atoms with Crippen LogP contribution in [0.15, 0.2) is 140 Å². The summed E-state index contributed by atoms with van der Waals surface area (Å²) < 4.78 is 116. The molecule has 2 N–H and O–H groups in total. The Morgan fingerprint density at radius 2 is 1.36 bits per heavy atom. The number of likely N-dealkylation sites (N-methyl/N-ethyl adjacent to an activating group) is 2. The molecular weight excluding hydrogens is 1280 g/mol. The number of carbonyl (C=O) groups is 5. The molecular formula is C74H86F7N9O8. The van der Waals surface area contributed by atoms with E-state index < -0.39 is 64.6 Å². The van der Waals surface area contributed by atoms with E-state index >= 15 is 0 Å². The third-order valence-corrected chi connectivity index (χ3v) is 19.6. The van der Waals surface area contributed by atoms with Crippen LogP contribution in [0.3, 0.4) is 0 Å². The second-order valence-electron chi connectivity index (χ2n) is 26.2. The Kier molecular flexibility index (Phi) is 24.1. The van der Waals surface area contributed by atoms with Crippen LogP contribution in [0.25, 0.3) is 11.1 Å². The minimum atomic E-state index is -5.15. The molecule has 1 spiro atoms. The molecule has 24 heteroatoms. The largest absolute Gasteiger partial charge is 0.446 e. The molecule has 5 aromatic carbocycles. The lowest BCUT2D eigenvalue weighted by atomic mass is 9.72. The number of ether oxygens (including phenoxy) is 3. The van der Waals surface area contributed by atoms with Gasteiger partial charge in [-0.2, -0.15) is 26.3 Å². The minimum Gasteiger partial charge on any atom is -0.446 e. The third kappa shape index (κ3) is 18.5. The van der Waals surface area contributed by atoms with Gasteiger partial charge in [-0.25, -0.2) is 9.18 Å². The van der Waals surface area contributed by atoms with E-state index in [-0.39, 0.29) is 55.6 Å². The van der Waals surface area contributed by atoms with Crippen LogP contribution in [0, 0.1) is 5.82 Å². The normalized spacial score (nSPS) is 18.1. The highest BCUT2D eigenvalue weighted by Crippen LogP contribution is 2.48. The zero-order valence-corrected chi connectivity index (χ0v) is 55.7. The lowest BCUT2D eigenvalue weighted by Gasteiger charge is -2.44. The van der Waals surface area contributed by atoms with Gasteiger partial charge in [0.05, 0.1) is 29.5 Å². The van der Waals surface area contributed by atoms with Gasteiger partial charge >= 0.3 is 18.4 Å². The molecule has 10 rings (SSSR count). The topological polar surface area (TPSA) is 169 Å². The van der Waals surface area contributed by atoms with Crippen molar-refractivity contribution >= 4 is 35.4 Å². The zero-order chi connectivity index (χ0) is 69.6. The maximum absolute atomic E-state index is 14.2. The summed E-state index contributed by atoms with van der Waals surface area (Å²) in [5, 5.41) is 6.36. The first kappa shape index (κ1) is 72.5. The Hall–Kier alpha value is -8.29. The van der Waals surface area contributed by atoms with E-state index in [4.69, 9.17) is 14.2 Å². The van der Waals surface area contributed by atoms with E-state index in [2.05, 4.69) is 37.6 Å². The predicted molar refractivity (Wildman–Crippen MR) is 356 cm³/mol. The van der Waals surface area contributed by atoms with Gasteiger partial charge in [-0.15, -0.1) is 0 Å². The number of hydrogen-bond donors (Lipinski definition) is 2. The average molecular weight is 1360 g/mol. The number of halogens is 7. The summed E-state index contributed by atoms with van der Waals surface area (Å²) in [4.78, 5) is 81.7. The van der Waals surface area contributed by atoms with Crippen molar-refractivity contribution in [2.45, 2.75) is 113 Å². The second kappa shape index (κ2) is 32.6. The fourth-order valence-electron chi connectivity index (χ4n) is 13.7. The summed E-state index contributed by atoms with van der Waals surface area (Å²) in [6, 6.07) is 35.5. The fourth-order valence-corrected chi connectivity index (χ4v) is 13.7. The third-order valence-electron chi connectivity index (χ3n) is 19.6. The van der Waals surface area contributed by atoms with Crippen molar-refractivity contribution in [2.24, 2.45) is 0 Å². The van der Waals surface area contributed by atoms with Crippen LogP contribution in [-0.4, -0.2) is 183 Å². The molecule has 3 aliphatic heterocycles. The highest BCUT2D eigenvalue weighted by atomic mass is 19.4. The van der Waals surface area contributed by atoms with Crippen molar-refractivity contribution in [3.05, 3.63) is 190 Å². The van der Waals surface area contributed by atoms with Crippen LogP contribution in [-0.2, 0) is 60.1 Å². The Bertz CT molecular complexity index is 3650. The molecule has 3 fully saturated rings. The molecule has 0 bridgehead atoms. The molecule has 1 aliphatic carbocycles. The first-order chi connectivity index (χ1) is 47.0. The van der Waals surface area contributed by atoms with Crippen LogP contribution in [0.1, 0.15) is 118 Å². The summed E-state index contributed by atoms with van der Waals surface area (Å²) in [5.74, 6) is -1.93. The Morgan fingerprint density at radius 3 is 2.06 bits per heavy atom. The molecule has 4 aliphatic rings. The van der Waals surface area contributed by atoms with Gasteiger partial charge in [-0.1, -0.05) is 97.4 Å². The first-order valence-corrected chi connectivity index (χ1v) is 33.6. The summed E-state index contributed by atoms with van der Waals surface area (Å²) in [6.45, 7) is 5.90. The quantitative estimate of drug-likeness (QED) is 0.0370. The molecule has 0 radical (unpaired) electrons. The number of hydrogen-bond acceptors (Lipinski definition) is 12. The van der Waals surface area contributed by atoms with E-state index in [1.165, 1.54) is 24.3 Å². The predicted octanol–water partition coefficient (Wildman–Crippen LogP) is 12.1. The fraction of sp³-hybridized carbons (Fsp3) is 0.459. The van der Waals surface area contributed by atoms with Gasteiger partial charge in [0.1, 0.15) is 36.6 Å². The van der Waals surface area contributed by atoms with Gasteiger partial charge in [-0.05, 0) is 148 Å². The SMILES string of the molecule is CN(CCN1CCC(OC(=O)Nc2ccccc2-c2ccccc2)CC1)C(=O)CCCCCNCc1ccc(C(=O)N(C)CCCN(C)C(=O)CO[C@H]2Cc3ccccc3C23CCN(CC[C@]2(c4ccc(F)cc4)CN(C(=O)c4cc(C(F)(F)F)cc(C(F)(F)F)c4)CO2)CC3)nc1. The molecule has 98 heavy (non-hydrogen) atoms. The van der Waals surface area contributed by atoms with E-state index in [0.717, 1.165) is 91.0 Å². The van der Waals surface area contributed by atoms with Crippen LogP contribution in [0.5, 0.6) is 0 Å². The van der Waals surface area contributed by atoms with Gasteiger partial charge in [0.2, 0.25) is 11.8 Å². The number of alkyl halides is 6. The van der Waals surface area contributed by atoms with Crippen molar-refractivity contribution in [2.75, 3.05) is 112 Å². The molecule has 6 aromatic rings. The van der Waals surface area contributed by atoms with E-state index in [0.29, 0.717) is 107 Å². The minimum absolute atomic E-state index is 0.0293. The van der Waals surface area contributed by atoms with E-state index in [1.54, 1.807) is 41.1 Å². The van der Waals surface area contributed by atoms with Crippen molar-refractivity contribution in [3.8, 4) is 11.1 Å². The smallest absolute Gasteiger partial charge is 0.416 e. The zero-order valence-electron chi connectivity index (χ0n) is 55.7. The van der Waals surface area contributed by atoms with Gasteiger partial charge < -0.3 is 48.9 Å². The molecule has 0 saturated carbocycles. The number of nitrogens with one attached hydrogen (secondary N) is 2. The Morgan fingerprint density at radius 1 is 0.694 bits per heavy atom. The number of anilines is 1. The first-order valence-electron chi connectivity index (χ1n) is 33.6. The number of amides is 5. The van der Waals surface area contributed by atoms with Crippen molar-refractivity contribution in [3.63, 3.8) is 0 Å².